The summed E-state index contributed by atoms with van der Waals surface area (Å²) in [6, 6.07) is 0. The van der Waals surface area contributed by atoms with Crippen LogP contribution in [0.4, 0.5) is 0 Å². The molecule has 1 aliphatic heterocycles. The highest BCUT2D eigenvalue weighted by molar-refractivity contribution is 6.18. The van der Waals surface area contributed by atoms with E-state index in [1.807, 2.05) is 17.1 Å². The lowest BCUT2D eigenvalue weighted by Crippen LogP contribution is -2.30. The molecule has 0 N–H and O–H groups in total. The van der Waals surface area contributed by atoms with Crippen molar-refractivity contribution in [1.82, 2.24) is 4.90 Å². The Hall–Kier alpha value is -0.500. The van der Waals surface area contributed by atoms with Gasteiger partial charge in [-0.2, -0.15) is 0 Å². The molecule has 92 valence electrons. The van der Waals surface area contributed by atoms with Crippen LogP contribution in [0.5, 0.6) is 0 Å². The Balaban J connectivity index is 2.41. The minimum Gasteiger partial charge on any atom is -0.339 e. The van der Waals surface area contributed by atoms with Crippen molar-refractivity contribution >= 4 is 17.5 Å². The summed E-state index contributed by atoms with van der Waals surface area (Å²) in [5.74, 6) is 1.58. The zero-order valence-corrected chi connectivity index (χ0v) is 10.9. The van der Waals surface area contributed by atoms with Crippen LogP contribution in [0, 0.1) is 5.92 Å². The molecule has 1 rings (SSSR count). The third kappa shape index (κ3) is 4.56. The van der Waals surface area contributed by atoms with Crippen LogP contribution in [0.1, 0.15) is 39.0 Å². The van der Waals surface area contributed by atoms with Gasteiger partial charge >= 0.3 is 0 Å². The normalized spacial score (nSPS) is 22.8. The lowest BCUT2D eigenvalue weighted by molar-refractivity contribution is -0.130. The van der Waals surface area contributed by atoms with Gasteiger partial charge in [-0.3, -0.25) is 4.79 Å². The fourth-order valence-electron chi connectivity index (χ4n) is 2.25. The van der Waals surface area contributed by atoms with Crippen LogP contribution in [0.3, 0.4) is 0 Å². The Morgan fingerprint density at radius 1 is 1.44 bits per heavy atom. The van der Waals surface area contributed by atoms with Gasteiger partial charge in [0.2, 0.25) is 5.91 Å². The van der Waals surface area contributed by atoms with Gasteiger partial charge in [-0.25, -0.2) is 0 Å². The number of allylic oxidation sites excluding steroid dienone is 1. The van der Waals surface area contributed by atoms with Crippen molar-refractivity contribution in [2.24, 2.45) is 5.92 Å². The summed E-state index contributed by atoms with van der Waals surface area (Å²) < 4.78 is 0. The third-order valence-electron chi connectivity index (χ3n) is 3.20. The smallest absolute Gasteiger partial charge is 0.222 e. The molecule has 3 heteroatoms. The second kappa shape index (κ2) is 7.72. The van der Waals surface area contributed by atoms with E-state index in [4.69, 9.17) is 11.6 Å². The van der Waals surface area contributed by atoms with Gasteiger partial charge in [-0.1, -0.05) is 31.9 Å². The summed E-state index contributed by atoms with van der Waals surface area (Å²) in [7, 11) is 0. The Bertz CT molecular complexity index is 240. The molecule has 1 aliphatic rings. The second-order valence-corrected chi connectivity index (χ2v) is 4.76. The number of amides is 1. The monoisotopic (exact) mass is 243 g/mol. The van der Waals surface area contributed by atoms with Crippen molar-refractivity contribution in [1.29, 1.82) is 0 Å². The summed E-state index contributed by atoms with van der Waals surface area (Å²) in [5, 5.41) is 0. The summed E-state index contributed by atoms with van der Waals surface area (Å²) in [4.78, 5) is 13.8. The molecular formula is C13H22ClNO. The number of carbonyl (C=O) groups excluding carboxylic acids is 1. The van der Waals surface area contributed by atoms with Gasteiger partial charge in [0.05, 0.1) is 0 Å². The van der Waals surface area contributed by atoms with E-state index in [2.05, 4.69) is 6.92 Å². The molecule has 0 aliphatic carbocycles. The van der Waals surface area contributed by atoms with Gasteiger partial charge in [0.25, 0.3) is 0 Å². The molecule has 16 heavy (non-hydrogen) atoms. The summed E-state index contributed by atoms with van der Waals surface area (Å²) in [5.41, 5.74) is 0. The van der Waals surface area contributed by atoms with Crippen molar-refractivity contribution < 1.29 is 4.79 Å². The number of likely N-dealkylation sites (tertiary alicyclic amines) is 1. The summed E-state index contributed by atoms with van der Waals surface area (Å²) >= 11 is 5.56. The highest BCUT2D eigenvalue weighted by Gasteiger charge is 2.20. The Morgan fingerprint density at radius 2 is 2.25 bits per heavy atom. The van der Waals surface area contributed by atoms with Crippen LogP contribution in [-0.2, 0) is 4.79 Å². The topological polar surface area (TPSA) is 20.3 Å². The SMILES string of the molecule is CCCC1CCC(=O)N(CC=CCCl)CC1. The fourth-order valence-corrected chi connectivity index (χ4v) is 2.37. The molecule has 0 aromatic carbocycles. The molecule has 0 aromatic heterocycles. The fraction of sp³-hybridized carbons (Fsp3) is 0.769. The predicted molar refractivity (Wildman–Crippen MR) is 68.7 cm³/mol. The molecule has 1 amide bonds. The Kier molecular flexibility index (Phi) is 6.55. The molecule has 0 radical (unpaired) electrons. The van der Waals surface area contributed by atoms with E-state index in [1.165, 1.54) is 12.8 Å². The van der Waals surface area contributed by atoms with Crippen molar-refractivity contribution in [3.63, 3.8) is 0 Å². The first-order valence-corrected chi connectivity index (χ1v) is 6.80. The van der Waals surface area contributed by atoms with E-state index in [-0.39, 0.29) is 0 Å². The molecule has 0 spiro atoms. The van der Waals surface area contributed by atoms with E-state index in [0.717, 1.165) is 38.3 Å². The Morgan fingerprint density at radius 3 is 2.94 bits per heavy atom. The number of carbonyl (C=O) groups is 1. The van der Waals surface area contributed by atoms with Crippen molar-refractivity contribution in [3.8, 4) is 0 Å². The highest BCUT2D eigenvalue weighted by Crippen LogP contribution is 2.22. The molecule has 1 atom stereocenters. The van der Waals surface area contributed by atoms with Gasteiger partial charge in [0, 0.05) is 25.4 Å². The molecule has 1 heterocycles. The van der Waals surface area contributed by atoms with Gasteiger partial charge < -0.3 is 4.90 Å². The molecule has 0 bridgehead atoms. The third-order valence-corrected chi connectivity index (χ3v) is 3.38. The van der Waals surface area contributed by atoms with Crippen LogP contribution in [0.2, 0.25) is 0 Å². The van der Waals surface area contributed by atoms with Crippen LogP contribution in [-0.4, -0.2) is 29.8 Å². The predicted octanol–water partition coefficient (Wildman–Crippen LogP) is 3.21. The van der Waals surface area contributed by atoms with E-state index in [0.29, 0.717) is 11.8 Å². The summed E-state index contributed by atoms with van der Waals surface area (Å²) in [6.45, 7) is 3.86. The molecule has 1 unspecified atom stereocenters. The number of hydrogen-bond donors (Lipinski definition) is 0. The molecule has 0 saturated carbocycles. The minimum absolute atomic E-state index is 0.304. The highest BCUT2D eigenvalue weighted by atomic mass is 35.5. The maximum atomic E-state index is 11.8. The Labute approximate surface area is 104 Å². The number of hydrogen-bond acceptors (Lipinski definition) is 1. The average Bonchev–Trinajstić information content (AvgIpc) is 2.45. The number of halogens is 1. The molecule has 0 aromatic rings. The first-order valence-electron chi connectivity index (χ1n) is 6.26. The lowest BCUT2D eigenvalue weighted by atomic mass is 9.96. The standard InChI is InChI=1S/C13H22ClNO/c1-2-5-12-6-7-13(16)15(11-8-12)10-4-3-9-14/h3-4,12H,2,5-11H2,1H3. The molecule has 1 fully saturated rings. The quantitative estimate of drug-likeness (QED) is 0.536. The van der Waals surface area contributed by atoms with E-state index < -0.39 is 0 Å². The van der Waals surface area contributed by atoms with E-state index in [9.17, 15) is 4.79 Å². The van der Waals surface area contributed by atoms with Gasteiger partial charge in [-0.15, -0.1) is 11.6 Å². The maximum Gasteiger partial charge on any atom is 0.222 e. The molecule has 2 nitrogen and oxygen atoms in total. The minimum atomic E-state index is 0.304. The van der Waals surface area contributed by atoms with Gasteiger partial charge in [-0.05, 0) is 18.8 Å². The second-order valence-electron chi connectivity index (χ2n) is 4.45. The first kappa shape index (κ1) is 13.6. The van der Waals surface area contributed by atoms with E-state index >= 15 is 0 Å². The number of alkyl halides is 1. The van der Waals surface area contributed by atoms with E-state index in [1.54, 1.807) is 0 Å². The molecule has 1 saturated heterocycles. The summed E-state index contributed by atoms with van der Waals surface area (Å²) in [6.07, 6.45) is 9.34. The zero-order valence-electron chi connectivity index (χ0n) is 10.1. The molecular weight excluding hydrogens is 222 g/mol. The zero-order chi connectivity index (χ0) is 11.8. The van der Waals surface area contributed by atoms with Crippen LogP contribution in [0.15, 0.2) is 12.2 Å². The lowest BCUT2D eigenvalue weighted by Gasteiger charge is -2.18. The van der Waals surface area contributed by atoms with Crippen LogP contribution < -0.4 is 0 Å². The largest absolute Gasteiger partial charge is 0.339 e. The van der Waals surface area contributed by atoms with Gasteiger partial charge in [0.15, 0.2) is 0 Å². The van der Waals surface area contributed by atoms with Crippen molar-refractivity contribution in [3.05, 3.63) is 12.2 Å². The number of rotatable bonds is 5. The van der Waals surface area contributed by atoms with Crippen LogP contribution in [0.25, 0.3) is 0 Å². The maximum absolute atomic E-state index is 11.8. The first-order chi connectivity index (χ1) is 7.77. The average molecular weight is 244 g/mol. The number of nitrogens with zero attached hydrogens (tertiary/aromatic N) is 1. The van der Waals surface area contributed by atoms with Crippen molar-refractivity contribution in [2.75, 3.05) is 19.0 Å². The van der Waals surface area contributed by atoms with Crippen molar-refractivity contribution in [2.45, 2.75) is 39.0 Å². The van der Waals surface area contributed by atoms with Gasteiger partial charge in [0.1, 0.15) is 0 Å². The van der Waals surface area contributed by atoms with Crippen LogP contribution >= 0.6 is 11.6 Å².